The number of rotatable bonds is 6. The summed E-state index contributed by atoms with van der Waals surface area (Å²) in [6, 6.07) is 11.0. The number of hydrogen-bond acceptors (Lipinski definition) is 4. The number of benzene rings is 1. The van der Waals surface area contributed by atoms with Crippen molar-refractivity contribution in [2.75, 3.05) is 13.2 Å². The lowest BCUT2D eigenvalue weighted by Crippen LogP contribution is -2.27. The van der Waals surface area contributed by atoms with Crippen LogP contribution in [0.5, 0.6) is 0 Å². The number of hydrogen-bond donors (Lipinski definition) is 1. The number of halogens is 1. The summed E-state index contributed by atoms with van der Waals surface area (Å²) in [5, 5.41) is 2.84. The molecule has 6 heteroatoms. The first-order chi connectivity index (χ1) is 11.5. The quantitative estimate of drug-likeness (QED) is 0.768. The van der Waals surface area contributed by atoms with Gasteiger partial charge >= 0.3 is 5.97 Å². The zero-order chi connectivity index (χ0) is 17.5. The van der Waals surface area contributed by atoms with Crippen LogP contribution in [0.4, 0.5) is 0 Å². The lowest BCUT2D eigenvalue weighted by atomic mass is 10.1. The van der Waals surface area contributed by atoms with Crippen molar-refractivity contribution in [2.24, 2.45) is 0 Å². The second kappa shape index (κ2) is 8.59. The smallest absolute Gasteiger partial charge is 0.339 e. The zero-order valence-corrected chi connectivity index (χ0v) is 15.2. The first-order valence-electron chi connectivity index (χ1n) is 7.69. The van der Waals surface area contributed by atoms with Crippen molar-refractivity contribution >= 4 is 27.8 Å². The molecule has 0 radical (unpaired) electrons. The summed E-state index contributed by atoms with van der Waals surface area (Å²) in [6.45, 7) is 4.23. The van der Waals surface area contributed by atoms with Crippen molar-refractivity contribution in [3.8, 4) is 0 Å². The first-order valence-corrected chi connectivity index (χ1v) is 8.48. The van der Waals surface area contributed by atoms with E-state index in [1.165, 1.54) is 6.07 Å². The van der Waals surface area contributed by atoms with Crippen molar-refractivity contribution in [1.82, 2.24) is 10.3 Å². The van der Waals surface area contributed by atoms with Crippen LogP contribution in [-0.2, 0) is 11.2 Å². The fourth-order valence-corrected chi connectivity index (χ4v) is 2.70. The number of carbonyl (C=O) groups excluding carboxylic acids is 2. The lowest BCUT2D eigenvalue weighted by Gasteiger charge is -2.09. The van der Waals surface area contributed by atoms with Gasteiger partial charge in [0.05, 0.1) is 17.9 Å². The molecule has 0 saturated carbocycles. The van der Waals surface area contributed by atoms with Crippen molar-refractivity contribution in [3.63, 3.8) is 0 Å². The molecule has 1 amide bonds. The molecule has 0 fully saturated rings. The molecule has 1 heterocycles. The maximum atomic E-state index is 12.2. The third-order valence-electron chi connectivity index (χ3n) is 3.45. The highest BCUT2D eigenvalue weighted by molar-refractivity contribution is 9.10. The van der Waals surface area contributed by atoms with Crippen LogP contribution in [0.2, 0.25) is 0 Å². The molecule has 1 N–H and O–H groups in total. The van der Waals surface area contributed by atoms with E-state index in [1.807, 2.05) is 24.3 Å². The van der Waals surface area contributed by atoms with Gasteiger partial charge in [0.2, 0.25) is 0 Å². The van der Waals surface area contributed by atoms with Crippen LogP contribution in [0.25, 0.3) is 0 Å². The maximum Gasteiger partial charge on any atom is 0.339 e. The number of nitrogens with zero attached hydrogens (tertiary/aromatic N) is 1. The Morgan fingerprint density at radius 1 is 1.21 bits per heavy atom. The van der Waals surface area contributed by atoms with Crippen LogP contribution in [0.15, 0.2) is 40.9 Å². The Morgan fingerprint density at radius 2 is 1.96 bits per heavy atom. The number of nitrogens with one attached hydrogen (secondary N) is 1. The molecule has 2 rings (SSSR count). The van der Waals surface area contributed by atoms with Crippen molar-refractivity contribution in [2.45, 2.75) is 20.3 Å². The third-order valence-corrected chi connectivity index (χ3v) is 4.23. The van der Waals surface area contributed by atoms with E-state index in [4.69, 9.17) is 4.74 Å². The van der Waals surface area contributed by atoms with Crippen molar-refractivity contribution in [1.29, 1.82) is 0 Å². The van der Waals surface area contributed by atoms with E-state index in [2.05, 4.69) is 26.2 Å². The molecule has 5 nitrogen and oxygen atoms in total. The van der Waals surface area contributed by atoms with Crippen LogP contribution >= 0.6 is 15.9 Å². The van der Waals surface area contributed by atoms with Gasteiger partial charge in [0.25, 0.3) is 5.91 Å². The number of aryl methyl sites for hydroxylation is 1. The minimum absolute atomic E-state index is 0.263. The zero-order valence-electron chi connectivity index (χ0n) is 13.6. The highest BCUT2D eigenvalue weighted by atomic mass is 79.9. The molecule has 1 aromatic carbocycles. The molecular formula is C18H19BrN2O3. The minimum Gasteiger partial charge on any atom is -0.462 e. The SMILES string of the molecule is CCOC(=O)c1ccc(C(=O)NCCc2ccccc2Br)nc1C. The third kappa shape index (κ3) is 4.64. The van der Waals surface area contributed by atoms with Gasteiger partial charge in [0, 0.05) is 11.0 Å². The molecule has 0 aliphatic rings. The molecule has 126 valence electrons. The Morgan fingerprint density at radius 3 is 2.62 bits per heavy atom. The maximum absolute atomic E-state index is 12.2. The van der Waals surface area contributed by atoms with E-state index in [-0.39, 0.29) is 11.6 Å². The molecule has 24 heavy (non-hydrogen) atoms. The summed E-state index contributed by atoms with van der Waals surface area (Å²) in [5.74, 6) is -0.691. The van der Waals surface area contributed by atoms with Gasteiger partial charge < -0.3 is 10.1 Å². The normalized spacial score (nSPS) is 10.3. The van der Waals surface area contributed by atoms with Crippen molar-refractivity contribution in [3.05, 3.63) is 63.4 Å². The molecule has 0 aliphatic carbocycles. The number of esters is 1. The van der Waals surface area contributed by atoms with Crippen LogP contribution < -0.4 is 5.32 Å². The predicted molar refractivity (Wildman–Crippen MR) is 95.1 cm³/mol. The fraction of sp³-hybridized carbons (Fsp3) is 0.278. The van der Waals surface area contributed by atoms with Gasteiger partial charge in [-0.1, -0.05) is 34.1 Å². The molecule has 2 aromatic rings. The van der Waals surface area contributed by atoms with Crippen LogP contribution in [0.3, 0.4) is 0 Å². The Balaban J connectivity index is 1.96. The fourth-order valence-electron chi connectivity index (χ4n) is 2.21. The summed E-state index contributed by atoms with van der Waals surface area (Å²) in [4.78, 5) is 28.1. The first kappa shape index (κ1) is 18.1. The summed E-state index contributed by atoms with van der Waals surface area (Å²) in [6.07, 6.45) is 0.715. The molecule has 0 unspecified atom stereocenters. The van der Waals surface area contributed by atoms with Crippen LogP contribution in [0.1, 0.15) is 39.0 Å². The van der Waals surface area contributed by atoms with Gasteiger partial charge in [-0.25, -0.2) is 9.78 Å². The number of amides is 1. The van der Waals surface area contributed by atoms with E-state index in [0.29, 0.717) is 30.8 Å². The molecule has 0 saturated heterocycles. The highest BCUT2D eigenvalue weighted by Gasteiger charge is 2.14. The Bertz CT molecular complexity index is 747. The topological polar surface area (TPSA) is 68.3 Å². The summed E-state index contributed by atoms with van der Waals surface area (Å²) < 4.78 is 5.97. The van der Waals surface area contributed by atoms with E-state index < -0.39 is 5.97 Å². The predicted octanol–water partition coefficient (Wildman–Crippen LogP) is 3.30. The van der Waals surface area contributed by atoms with Gasteiger partial charge in [0.1, 0.15) is 5.69 Å². The lowest BCUT2D eigenvalue weighted by molar-refractivity contribution is 0.0524. The monoisotopic (exact) mass is 390 g/mol. The number of pyridine rings is 1. The summed E-state index contributed by atoms with van der Waals surface area (Å²) in [7, 11) is 0. The van der Waals surface area contributed by atoms with Crippen LogP contribution in [-0.4, -0.2) is 30.0 Å². The Hall–Kier alpha value is -2.21. The molecule has 1 aromatic heterocycles. The largest absolute Gasteiger partial charge is 0.462 e. The van der Waals surface area contributed by atoms with Gasteiger partial charge in [-0.05, 0) is 44.0 Å². The molecule has 0 atom stereocenters. The molecule has 0 aliphatic heterocycles. The highest BCUT2D eigenvalue weighted by Crippen LogP contribution is 2.16. The average molecular weight is 391 g/mol. The number of carbonyl (C=O) groups is 2. The van der Waals surface area contributed by atoms with Crippen molar-refractivity contribution < 1.29 is 14.3 Å². The van der Waals surface area contributed by atoms with E-state index in [0.717, 1.165) is 10.0 Å². The van der Waals surface area contributed by atoms with E-state index in [1.54, 1.807) is 19.9 Å². The van der Waals surface area contributed by atoms with Gasteiger partial charge in [-0.2, -0.15) is 0 Å². The van der Waals surface area contributed by atoms with E-state index >= 15 is 0 Å². The standard InChI is InChI=1S/C18H19BrN2O3/c1-3-24-18(23)14-8-9-16(21-12(14)2)17(22)20-11-10-13-6-4-5-7-15(13)19/h4-9H,3,10-11H2,1-2H3,(H,20,22). The van der Waals surface area contributed by atoms with E-state index in [9.17, 15) is 9.59 Å². The molecule has 0 spiro atoms. The second-order valence-electron chi connectivity index (χ2n) is 5.15. The van der Waals surface area contributed by atoms with Gasteiger partial charge in [0.15, 0.2) is 0 Å². The number of aromatic nitrogens is 1. The number of ether oxygens (including phenoxy) is 1. The minimum atomic E-state index is -0.427. The second-order valence-corrected chi connectivity index (χ2v) is 6.00. The van der Waals surface area contributed by atoms with Gasteiger partial charge in [-0.15, -0.1) is 0 Å². The average Bonchev–Trinajstić information content (AvgIpc) is 2.56. The van der Waals surface area contributed by atoms with Crippen LogP contribution in [0, 0.1) is 6.92 Å². The Labute approximate surface area is 149 Å². The summed E-state index contributed by atoms with van der Waals surface area (Å²) >= 11 is 3.48. The Kier molecular flexibility index (Phi) is 6.49. The van der Waals surface area contributed by atoms with Gasteiger partial charge in [-0.3, -0.25) is 4.79 Å². The summed E-state index contributed by atoms with van der Waals surface area (Å²) in [5.41, 5.74) is 2.26. The molecule has 0 bridgehead atoms. The molecular weight excluding hydrogens is 372 g/mol.